The Morgan fingerprint density at radius 3 is 2.38 bits per heavy atom. The number of benzene rings is 3. The summed E-state index contributed by atoms with van der Waals surface area (Å²) in [5, 5.41) is 5.18. The molecule has 1 N–H and O–H groups in total. The molecule has 0 saturated heterocycles. The van der Waals surface area contributed by atoms with E-state index in [2.05, 4.69) is 29.6 Å². The molecule has 3 aromatic rings. The summed E-state index contributed by atoms with van der Waals surface area (Å²) in [4.78, 5) is 27.3. The fourth-order valence-corrected chi connectivity index (χ4v) is 3.58. The van der Waals surface area contributed by atoms with Gasteiger partial charge in [-0.25, -0.2) is 0 Å². The van der Waals surface area contributed by atoms with Crippen LogP contribution in [0.2, 0.25) is 0 Å². The number of amides is 2. The summed E-state index contributed by atoms with van der Waals surface area (Å²) < 4.78 is 0. The normalized spacial score (nSPS) is 11.8. The number of hydrogen-bond donors (Lipinski definition) is 1. The maximum absolute atomic E-state index is 13.2. The lowest BCUT2D eigenvalue weighted by Gasteiger charge is -2.29. The predicted molar refractivity (Wildman–Crippen MR) is 117 cm³/mol. The number of rotatable bonds is 8. The van der Waals surface area contributed by atoms with Gasteiger partial charge in [0.05, 0.1) is 0 Å². The van der Waals surface area contributed by atoms with Gasteiger partial charge in [0.25, 0.3) is 0 Å². The van der Waals surface area contributed by atoms with E-state index in [1.54, 1.807) is 11.8 Å². The number of nitrogens with zero attached hydrogens (tertiary/aromatic N) is 1. The number of likely N-dealkylation sites (N-methyl/N-ethyl adjacent to an activating group) is 1. The van der Waals surface area contributed by atoms with Crippen molar-refractivity contribution >= 4 is 22.6 Å². The highest BCUT2D eigenvalue weighted by Gasteiger charge is 2.25. The summed E-state index contributed by atoms with van der Waals surface area (Å²) in [5.74, 6) is -0.137. The van der Waals surface area contributed by atoms with Crippen molar-refractivity contribution in [2.45, 2.75) is 39.3 Å². The Morgan fingerprint density at radius 2 is 1.62 bits per heavy atom. The van der Waals surface area contributed by atoms with E-state index in [0.29, 0.717) is 25.9 Å². The summed E-state index contributed by atoms with van der Waals surface area (Å²) in [6.07, 6.45) is 1.01. The van der Waals surface area contributed by atoms with Gasteiger partial charge in [0.2, 0.25) is 11.8 Å². The molecule has 0 bridgehead atoms. The molecule has 0 aliphatic rings. The van der Waals surface area contributed by atoms with Crippen molar-refractivity contribution < 1.29 is 9.59 Å². The molecule has 29 heavy (non-hydrogen) atoms. The van der Waals surface area contributed by atoms with Crippen LogP contribution in [0.3, 0.4) is 0 Å². The van der Waals surface area contributed by atoms with Crippen LogP contribution in [0.5, 0.6) is 0 Å². The average molecular weight is 389 g/mol. The first-order valence-corrected chi connectivity index (χ1v) is 10.2. The molecule has 4 heteroatoms. The zero-order chi connectivity index (χ0) is 20.6. The highest BCUT2D eigenvalue weighted by Crippen LogP contribution is 2.20. The Labute approximate surface area is 172 Å². The fourth-order valence-electron chi connectivity index (χ4n) is 3.58. The lowest BCUT2D eigenvalue weighted by molar-refractivity contribution is -0.140. The second-order valence-corrected chi connectivity index (χ2v) is 7.22. The van der Waals surface area contributed by atoms with Crippen molar-refractivity contribution in [3.63, 3.8) is 0 Å². The summed E-state index contributed by atoms with van der Waals surface area (Å²) in [6, 6.07) is 23.7. The van der Waals surface area contributed by atoms with Gasteiger partial charge in [0, 0.05) is 19.5 Å². The largest absolute Gasteiger partial charge is 0.355 e. The zero-order valence-corrected chi connectivity index (χ0v) is 17.1. The molecular weight excluding hydrogens is 360 g/mol. The number of hydrogen-bond acceptors (Lipinski definition) is 2. The van der Waals surface area contributed by atoms with Crippen LogP contribution in [0.25, 0.3) is 10.8 Å². The van der Waals surface area contributed by atoms with Crippen LogP contribution in [-0.2, 0) is 22.6 Å². The van der Waals surface area contributed by atoms with Gasteiger partial charge in [-0.1, -0.05) is 72.8 Å². The molecule has 0 aromatic heterocycles. The van der Waals surface area contributed by atoms with Gasteiger partial charge in [-0.3, -0.25) is 9.59 Å². The third kappa shape index (κ3) is 5.23. The van der Waals surface area contributed by atoms with Gasteiger partial charge in [0.15, 0.2) is 0 Å². The maximum atomic E-state index is 13.2. The number of nitrogens with one attached hydrogen (secondary N) is 1. The van der Waals surface area contributed by atoms with E-state index in [1.807, 2.05) is 55.5 Å². The second-order valence-electron chi connectivity index (χ2n) is 7.22. The van der Waals surface area contributed by atoms with Crippen molar-refractivity contribution in [3.8, 4) is 0 Å². The smallest absolute Gasteiger partial charge is 0.242 e. The van der Waals surface area contributed by atoms with Gasteiger partial charge in [-0.15, -0.1) is 0 Å². The van der Waals surface area contributed by atoms with Crippen molar-refractivity contribution in [2.75, 3.05) is 6.54 Å². The number of carbonyl (C=O) groups is 2. The monoisotopic (exact) mass is 388 g/mol. The molecule has 0 unspecified atom stereocenters. The first-order chi connectivity index (χ1) is 14.1. The second kappa shape index (κ2) is 9.87. The molecule has 150 valence electrons. The molecule has 0 saturated carbocycles. The molecule has 0 radical (unpaired) electrons. The van der Waals surface area contributed by atoms with Crippen LogP contribution < -0.4 is 5.32 Å². The lowest BCUT2D eigenvalue weighted by atomic mass is 10.0. The fraction of sp³-hybridized carbons (Fsp3) is 0.280. The molecule has 0 heterocycles. The third-order valence-corrected chi connectivity index (χ3v) is 5.20. The van der Waals surface area contributed by atoms with Crippen LogP contribution in [0.4, 0.5) is 0 Å². The average Bonchev–Trinajstić information content (AvgIpc) is 2.76. The molecule has 0 aliphatic heterocycles. The molecular formula is C25H28N2O2. The summed E-state index contributed by atoms with van der Waals surface area (Å²) in [5.41, 5.74) is 2.17. The first-order valence-electron chi connectivity index (χ1n) is 10.2. The van der Waals surface area contributed by atoms with E-state index >= 15 is 0 Å². The van der Waals surface area contributed by atoms with E-state index in [-0.39, 0.29) is 11.8 Å². The highest BCUT2D eigenvalue weighted by atomic mass is 16.2. The molecule has 3 aromatic carbocycles. The predicted octanol–water partition coefficient (Wildman–Crippen LogP) is 4.33. The summed E-state index contributed by atoms with van der Waals surface area (Å²) in [6.45, 7) is 4.65. The van der Waals surface area contributed by atoms with E-state index in [4.69, 9.17) is 0 Å². The standard InChI is InChI=1S/C25H28N2O2/c1-3-26-25(29)19(2)27(18-20-10-5-4-6-11-20)24(28)17-16-22-14-9-13-21-12-7-8-15-23(21)22/h4-15,19H,3,16-18H2,1-2H3,(H,26,29)/t19-/m0/s1. The van der Waals surface area contributed by atoms with Crippen LogP contribution in [0.1, 0.15) is 31.4 Å². The topological polar surface area (TPSA) is 49.4 Å². The Morgan fingerprint density at radius 1 is 0.931 bits per heavy atom. The van der Waals surface area contributed by atoms with Crippen LogP contribution in [0.15, 0.2) is 72.8 Å². The van der Waals surface area contributed by atoms with E-state index in [9.17, 15) is 9.59 Å². The Hall–Kier alpha value is -3.14. The molecule has 0 aliphatic carbocycles. The van der Waals surface area contributed by atoms with Gasteiger partial charge in [0.1, 0.15) is 6.04 Å². The zero-order valence-electron chi connectivity index (χ0n) is 17.1. The quantitative estimate of drug-likeness (QED) is 0.625. The lowest BCUT2D eigenvalue weighted by Crippen LogP contribution is -2.47. The minimum Gasteiger partial charge on any atom is -0.355 e. The number of aryl methyl sites for hydroxylation is 1. The molecule has 4 nitrogen and oxygen atoms in total. The third-order valence-electron chi connectivity index (χ3n) is 5.20. The minimum absolute atomic E-state index is 0.0134. The number of fused-ring (bicyclic) bond motifs is 1. The first kappa shape index (κ1) is 20.6. The van der Waals surface area contributed by atoms with Crippen LogP contribution in [-0.4, -0.2) is 29.3 Å². The van der Waals surface area contributed by atoms with Crippen molar-refractivity contribution in [2.24, 2.45) is 0 Å². The van der Waals surface area contributed by atoms with Gasteiger partial charge in [-0.05, 0) is 42.2 Å². The van der Waals surface area contributed by atoms with Gasteiger partial charge < -0.3 is 10.2 Å². The van der Waals surface area contributed by atoms with Crippen molar-refractivity contribution in [1.82, 2.24) is 10.2 Å². The van der Waals surface area contributed by atoms with E-state index in [0.717, 1.165) is 11.1 Å². The molecule has 2 amide bonds. The minimum atomic E-state index is -0.518. The Balaban J connectivity index is 1.77. The van der Waals surface area contributed by atoms with E-state index < -0.39 is 6.04 Å². The Bertz CT molecular complexity index is 963. The van der Waals surface area contributed by atoms with Crippen LogP contribution >= 0.6 is 0 Å². The van der Waals surface area contributed by atoms with Crippen LogP contribution in [0, 0.1) is 0 Å². The SMILES string of the molecule is CCNC(=O)[C@H](C)N(Cc1ccccc1)C(=O)CCc1cccc2ccccc12. The maximum Gasteiger partial charge on any atom is 0.242 e. The highest BCUT2D eigenvalue weighted by molar-refractivity contribution is 5.88. The van der Waals surface area contributed by atoms with Crippen molar-refractivity contribution in [1.29, 1.82) is 0 Å². The van der Waals surface area contributed by atoms with Crippen molar-refractivity contribution in [3.05, 3.63) is 83.9 Å². The molecule has 0 fully saturated rings. The molecule has 1 atom stereocenters. The van der Waals surface area contributed by atoms with E-state index in [1.165, 1.54) is 10.8 Å². The summed E-state index contributed by atoms with van der Waals surface area (Å²) >= 11 is 0. The van der Waals surface area contributed by atoms with Gasteiger partial charge >= 0.3 is 0 Å². The Kier molecular flexibility index (Phi) is 7.01. The summed E-state index contributed by atoms with van der Waals surface area (Å²) in [7, 11) is 0. The number of carbonyl (C=O) groups excluding carboxylic acids is 2. The van der Waals surface area contributed by atoms with Gasteiger partial charge in [-0.2, -0.15) is 0 Å². The molecule has 3 rings (SSSR count). The molecule has 0 spiro atoms.